The summed E-state index contributed by atoms with van der Waals surface area (Å²) in [4.78, 5) is 60.9. The summed E-state index contributed by atoms with van der Waals surface area (Å²) in [6, 6.07) is -2.56. The Bertz CT molecular complexity index is 733. The van der Waals surface area contributed by atoms with Gasteiger partial charge in [0.25, 0.3) is 0 Å². The average Bonchev–Trinajstić information content (AvgIpc) is 2.75. The van der Waals surface area contributed by atoms with E-state index in [-0.39, 0.29) is 11.8 Å². The van der Waals surface area contributed by atoms with E-state index in [4.69, 9.17) is 18.0 Å². The van der Waals surface area contributed by atoms with Crippen LogP contribution < -0.4 is 32.3 Å². The molecule has 0 aromatic heterocycles. The van der Waals surface area contributed by atoms with Gasteiger partial charge in [-0.25, -0.2) is 0 Å². The monoisotopic (exact) mass is 514 g/mol. The molecule has 3 atom stereocenters. The fourth-order valence-corrected chi connectivity index (χ4v) is 3.48. The lowest BCUT2D eigenvalue weighted by molar-refractivity contribution is -0.133. The molecule has 0 radical (unpaired) electrons. The highest BCUT2D eigenvalue weighted by Gasteiger charge is 2.28. The number of rotatable bonds is 18. The molecule has 5 amide bonds. The second kappa shape index (κ2) is 18.6. The quantitative estimate of drug-likeness (QED) is 0.112. The second-order valence-corrected chi connectivity index (χ2v) is 9.14. The van der Waals surface area contributed by atoms with Crippen molar-refractivity contribution < 1.29 is 24.0 Å². The molecule has 0 rings (SSSR count). The van der Waals surface area contributed by atoms with Crippen molar-refractivity contribution in [3.63, 3.8) is 0 Å². The van der Waals surface area contributed by atoms with Crippen LogP contribution in [0.15, 0.2) is 0 Å². The van der Waals surface area contributed by atoms with Crippen LogP contribution in [0.4, 0.5) is 0 Å². The Balaban J connectivity index is 5.19. The van der Waals surface area contributed by atoms with Gasteiger partial charge in [-0.3, -0.25) is 24.0 Å². The van der Waals surface area contributed by atoms with E-state index in [1.807, 2.05) is 6.92 Å². The molecule has 0 aliphatic rings. The molecule has 0 saturated heterocycles. The van der Waals surface area contributed by atoms with E-state index in [0.717, 1.165) is 6.42 Å². The summed E-state index contributed by atoms with van der Waals surface area (Å²) < 4.78 is 0. The first-order valence-corrected chi connectivity index (χ1v) is 12.5. The van der Waals surface area contributed by atoms with Gasteiger partial charge in [-0.05, 0) is 51.9 Å². The predicted octanol–water partition coefficient (Wildman–Crippen LogP) is 0.160. The standard InChI is InChI=1S/C23H42N6O5S/c1-5-10-19(27-16(3)31)22(33)29-20(12-7-9-14-26-17(4)35)23(34)28-18(21(24)32)11-6-8-13-25-15(2)30/h18-20H,5-14H2,1-4H3,(H2,24,32)(H,25,30)(H,26,35)(H,27,31)(H,28,34)(H,29,33)/t18-,19-,20-/m0/s1. The topological polar surface area (TPSA) is 172 Å². The highest BCUT2D eigenvalue weighted by atomic mass is 32.1. The Kier molecular flexibility index (Phi) is 17.1. The van der Waals surface area contributed by atoms with E-state index in [1.165, 1.54) is 13.8 Å². The lowest BCUT2D eigenvalue weighted by Gasteiger charge is -2.24. The fourth-order valence-electron chi connectivity index (χ4n) is 3.38. The number of amides is 5. The highest BCUT2D eigenvalue weighted by molar-refractivity contribution is 7.80. The van der Waals surface area contributed by atoms with Gasteiger partial charge in [0.2, 0.25) is 29.5 Å². The molecule has 0 aliphatic heterocycles. The number of hydrogen-bond donors (Lipinski definition) is 6. The molecule has 0 spiro atoms. The summed E-state index contributed by atoms with van der Waals surface area (Å²) >= 11 is 4.99. The van der Waals surface area contributed by atoms with Gasteiger partial charge in [0, 0.05) is 26.9 Å². The van der Waals surface area contributed by atoms with E-state index in [0.29, 0.717) is 63.0 Å². The van der Waals surface area contributed by atoms with Crippen molar-refractivity contribution in [2.24, 2.45) is 5.73 Å². The summed E-state index contributed by atoms with van der Waals surface area (Å²) in [6.07, 6.45) is 4.27. The average molecular weight is 515 g/mol. The maximum atomic E-state index is 13.0. The number of primary amides is 1. The van der Waals surface area contributed by atoms with Crippen molar-refractivity contribution in [1.82, 2.24) is 26.6 Å². The molecule has 7 N–H and O–H groups in total. The summed E-state index contributed by atoms with van der Waals surface area (Å²) in [7, 11) is 0. The molecule has 0 heterocycles. The van der Waals surface area contributed by atoms with Crippen molar-refractivity contribution in [2.75, 3.05) is 13.1 Å². The lowest BCUT2D eigenvalue weighted by atomic mass is 10.0. The minimum atomic E-state index is -0.903. The number of carbonyl (C=O) groups is 5. The first-order chi connectivity index (χ1) is 16.5. The van der Waals surface area contributed by atoms with E-state index >= 15 is 0 Å². The minimum Gasteiger partial charge on any atom is -0.380 e. The normalized spacial score (nSPS) is 13.0. The molecular weight excluding hydrogens is 472 g/mol. The van der Waals surface area contributed by atoms with Gasteiger partial charge in [-0.15, -0.1) is 0 Å². The Labute approximate surface area is 213 Å². The molecule has 0 aliphatic carbocycles. The van der Waals surface area contributed by atoms with Gasteiger partial charge in [0.1, 0.15) is 18.1 Å². The first kappa shape index (κ1) is 32.2. The zero-order chi connectivity index (χ0) is 26.8. The molecule has 35 heavy (non-hydrogen) atoms. The van der Waals surface area contributed by atoms with Crippen LogP contribution in [-0.4, -0.2) is 65.7 Å². The number of carbonyl (C=O) groups excluding carboxylic acids is 5. The molecule has 0 aromatic rings. The van der Waals surface area contributed by atoms with Crippen molar-refractivity contribution in [3.05, 3.63) is 0 Å². The van der Waals surface area contributed by atoms with E-state index in [2.05, 4.69) is 26.6 Å². The summed E-state index contributed by atoms with van der Waals surface area (Å²) in [6.45, 7) is 7.52. The first-order valence-electron chi connectivity index (χ1n) is 12.1. The SMILES string of the molecule is CCC[C@H](NC(C)=O)C(=O)N[C@@H](CCCCNC(C)=S)C(=O)N[C@@H](CCCCNC(C)=O)C(N)=O. The largest absolute Gasteiger partial charge is 0.380 e. The van der Waals surface area contributed by atoms with Gasteiger partial charge < -0.3 is 32.3 Å². The Hall–Kier alpha value is -2.76. The van der Waals surface area contributed by atoms with Crippen molar-refractivity contribution in [1.29, 1.82) is 0 Å². The third-order valence-corrected chi connectivity index (χ3v) is 5.30. The summed E-state index contributed by atoms with van der Waals surface area (Å²) in [5.74, 6) is -2.12. The third-order valence-electron chi connectivity index (χ3n) is 5.15. The molecule has 200 valence electrons. The Morgan fingerprint density at radius 1 is 0.686 bits per heavy atom. The molecule has 0 bridgehead atoms. The maximum Gasteiger partial charge on any atom is 0.243 e. The number of unbranched alkanes of at least 4 members (excludes halogenated alkanes) is 2. The summed E-state index contributed by atoms with van der Waals surface area (Å²) in [5.41, 5.74) is 5.48. The number of nitrogens with one attached hydrogen (secondary N) is 5. The van der Waals surface area contributed by atoms with Crippen LogP contribution >= 0.6 is 12.2 Å². The van der Waals surface area contributed by atoms with E-state index in [1.54, 1.807) is 6.92 Å². The zero-order valence-electron chi connectivity index (χ0n) is 21.3. The fraction of sp³-hybridized carbons (Fsp3) is 0.739. The van der Waals surface area contributed by atoms with E-state index < -0.39 is 35.8 Å². The lowest BCUT2D eigenvalue weighted by Crippen LogP contribution is -2.56. The zero-order valence-corrected chi connectivity index (χ0v) is 22.1. The number of nitrogens with two attached hydrogens (primary N) is 1. The van der Waals surface area contributed by atoms with Crippen molar-refractivity contribution in [3.8, 4) is 0 Å². The maximum absolute atomic E-state index is 13.0. The van der Waals surface area contributed by atoms with E-state index in [9.17, 15) is 24.0 Å². The molecular formula is C23H42N6O5S. The van der Waals surface area contributed by atoms with Gasteiger partial charge in [0.15, 0.2) is 0 Å². The van der Waals surface area contributed by atoms with Gasteiger partial charge >= 0.3 is 0 Å². The number of hydrogen-bond acceptors (Lipinski definition) is 6. The van der Waals surface area contributed by atoms with Crippen molar-refractivity contribution >= 4 is 46.7 Å². The molecule has 0 unspecified atom stereocenters. The van der Waals surface area contributed by atoms with Crippen LogP contribution in [0.2, 0.25) is 0 Å². The second-order valence-electron chi connectivity index (χ2n) is 8.52. The number of thiocarbonyl (C=S) groups is 1. The van der Waals surface area contributed by atoms with Crippen LogP contribution in [0.25, 0.3) is 0 Å². The molecule has 11 nitrogen and oxygen atoms in total. The van der Waals surface area contributed by atoms with Crippen LogP contribution in [-0.2, 0) is 24.0 Å². The highest BCUT2D eigenvalue weighted by Crippen LogP contribution is 2.07. The smallest absolute Gasteiger partial charge is 0.243 e. The predicted molar refractivity (Wildman–Crippen MR) is 138 cm³/mol. The van der Waals surface area contributed by atoms with Crippen LogP contribution in [0.3, 0.4) is 0 Å². The Morgan fingerprint density at radius 3 is 1.63 bits per heavy atom. The molecule has 0 aromatic carbocycles. The molecule has 0 fully saturated rings. The van der Waals surface area contributed by atoms with Gasteiger partial charge in [-0.1, -0.05) is 25.6 Å². The molecule has 0 saturated carbocycles. The minimum absolute atomic E-state index is 0.139. The van der Waals surface area contributed by atoms with Crippen LogP contribution in [0.5, 0.6) is 0 Å². The van der Waals surface area contributed by atoms with Crippen LogP contribution in [0, 0.1) is 0 Å². The Morgan fingerprint density at radius 2 is 1.17 bits per heavy atom. The van der Waals surface area contributed by atoms with Gasteiger partial charge in [0.05, 0.1) is 4.99 Å². The van der Waals surface area contributed by atoms with Crippen LogP contribution in [0.1, 0.15) is 79.1 Å². The molecule has 12 heteroatoms. The summed E-state index contributed by atoms with van der Waals surface area (Å²) in [5, 5.41) is 13.7. The van der Waals surface area contributed by atoms with Crippen molar-refractivity contribution in [2.45, 2.75) is 97.2 Å². The van der Waals surface area contributed by atoms with Gasteiger partial charge in [-0.2, -0.15) is 0 Å². The third kappa shape index (κ3) is 16.5.